The van der Waals surface area contributed by atoms with Gasteiger partial charge in [0.2, 0.25) is 0 Å². The summed E-state index contributed by atoms with van der Waals surface area (Å²) < 4.78 is 29.8. The lowest BCUT2D eigenvalue weighted by molar-refractivity contribution is -0.136. The highest BCUT2D eigenvalue weighted by Crippen LogP contribution is 2.45. The molecule has 5 nitrogen and oxygen atoms in total. The second-order valence-corrected chi connectivity index (χ2v) is 9.72. The van der Waals surface area contributed by atoms with E-state index in [4.69, 9.17) is 4.74 Å². The summed E-state index contributed by atoms with van der Waals surface area (Å²) in [5.41, 5.74) is 0.220. The van der Waals surface area contributed by atoms with E-state index >= 15 is 0 Å². The van der Waals surface area contributed by atoms with Crippen molar-refractivity contribution in [2.24, 2.45) is 5.41 Å². The largest absolute Gasteiger partial charge is 0.378 e. The van der Waals surface area contributed by atoms with Crippen LogP contribution in [0, 0.1) is 5.41 Å². The van der Waals surface area contributed by atoms with E-state index in [0.717, 1.165) is 12.7 Å². The monoisotopic (exact) mass is 417 g/mol. The normalized spacial score (nSPS) is 22.8. The van der Waals surface area contributed by atoms with Crippen molar-refractivity contribution in [3.05, 3.63) is 28.2 Å². The highest BCUT2D eigenvalue weighted by Gasteiger charge is 2.51. The van der Waals surface area contributed by atoms with E-state index in [-0.39, 0.29) is 28.4 Å². The third-order valence-electron chi connectivity index (χ3n) is 4.88. The lowest BCUT2D eigenvalue weighted by Crippen LogP contribution is -2.62. The molecule has 0 unspecified atom stereocenters. The third-order valence-corrected chi connectivity index (χ3v) is 6.68. The summed E-state index contributed by atoms with van der Waals surface area (Å²) in [6.07, 6.45) is 2.05. The van der Waals surface area contributed by atoms with Gasteiger partial charge < -0.3 is 9.64 Å². The number of carbonyl (C=O) groups is 1. The second-order valence-electron chi connectivity index (χ2n) is 6.85. The van der Waals surface area contributed by atoms with Crippen LogP contribution in [-0.2, 0) is 14.6 Å². The van der Waals surface area contributed by atoms with Gasteiger partial charge in [-0.15, -0.1) is 0 Å². The Morgan fingerprint density at radius 3 is 2.54 bits per heavy atom. The van der Waals surface area contributed by atoms with Crippen LogP contribution in [0.3, 0.4) is 0 Å². The number of carbonyl (C=O) groups excluding carboxylic acids is 1. The van der Waals surface area contributed by atoms with Gasteiger partial charge in [-0.1, -0.05) is 13.8 Å². The maximum Gasteiger partial charge on any atom is 0.255 e. The highest BCUT2D eigenvalue weighted by molar-refractivity contribution is 9.10. The summed E-state index contributed by atoms with van der Waals surface area (Å²) in [5.74, 6) is -0.194. The molecule has 1 aromatic rings. The number of sulfone groups is 1. The van der Waals surface area contributed by atoms with Gasteiger partial charge in [0.1, 0.15) is 0 Å². The standard InChI is InChI=1S/C17H24BrNO4S/c1-6-23-15-10-14(17(15,2)3)19(4)16(20)12-9-11(24(5,21)22)7-8-13(12)18/h7-9,14-15H,6,10H2,1-5H3/t14-,15-/m1/s1. The fraction of sp³-hybridized carbons (Fsp3) is 0.588. The van der Waals surface area contributed by atoms with E-state index in [0.29, 0.717) is 16.6 Å². The molecule has 0 N–H and O–H groups in total. The molecule has 0 heterocycles. The summed E-state index contributed by atoms with van der Waals surface area (Å²) >= 11 is 3.35. The van der Waals surface area contributed by atoms with E-state index in [1.165, 1.54) is 12.1 Å². The van der Waals surface area contributed by atoms with Crippen molar-refractivity contribution in [2.45, 2.75) is 44.2 Å². The van der Waals surface area contributed by atoms with Crippen LogP contribution in [0.2, 0.25) is 0 Å². The van der Waals surface area contributed by atoms with Gasteiger partial charge in [0.25, 0.3) is 5.91 Å². The molecule has 0 bridgehead atoms. The fourth-order valence-corrected chi connectivity index (χ4v) is 4.30. The van der Waals surface area contributed by atoms with E-state index in [1.807, 2.05) is 6.92 Å². The summed E-state index contributed by atoms with van der Waals surface area (Å²) in [6.45, 7) is 6.80. The first kappa shape index (κ1) is 19.4. The van der Waals surface area contributed by atoms with Gasteiger partial charge in [0.05, 0.1) is 16.6 Å². The zero-order valence-corrected chi connectivity index (χ0v) is 17.1. The number of hydrogen-bond acceptors (Lipinski definition) is 4. The minimum atomic E-state index is -3.36. The Bertz CT molecular complexity index is 745. The van der Waals surface area contributed by atoms with Crippen LogP contribution in [-0.4, -0.2) is 51.3 Å². The summed E-state index contributed by atoms with van der Waals surface area (Å²) in [4.78, 5) is 14.7. The van der Waals surface area contributed by atoms with Gasteiger partial charge in [-0.05, 0) is 47.5 Å². The molecule has 1 aromatic carbocycles. The van der Waals surface area contributed by atoms with Crippen LogP contribution in [0.5, 0.6) is 0 Å². The number of hydrogen-bond donors (Lipinski definition) is 0. The highest BCUT2D eigenvalue weighted by atomic mass is 79.9. The molecular weight excluding hydrogens is 394 g/mol. The van der Waals surface area contributed by atoms with Crippen molar-refractivity contribution in [3.8, 4) is 0 Å². The number of benzene rings is 1. The number of nitrogens with zero attached hydrogens (tertiary/aromatic N) is 1. The molecule has 2 atom stereocenters. The summed E-state index contributed by atoms with van der Waals surface area (Å²) in [6, 6.07) is 4.58. The van der Waals surface area contributed by atoms with Crippen LogP contribution < -0.4 is 0 Å². The molecule has 1 amide bonds. The van der Waals surface area contributed by atoms with Gasteiger partial charge >= 0.3 is 0 Å². The molecule has 0 radical (unpaired) electrons. The average molecular weight is 418 g/mol. The minimum Gasteiger partial charge on any atom is -0.378 e. The van der Waals surface area contributed by atoms with Gasteiger partial charge in [-0.3, -0.25) is 4.79 Å². The molecule has 7 heteroatoms. The summed E-state index contributed by atoms with van der Waals surface area (Å²) in [7, 11) is -1.60. The fourth-order valence-electron chi connectivity index (χ4n) is 3.24. The topological polar surface area (TPSA) is 63.7 Å². The molecule has 2 rings (SSSR count). The molecule has 0 saturated heterocycles. The predicted molar refractivity (Wildman–Crippen MR) is 96.9 cm³/mol. The quantitative estimate of drug-likeness (QED) is 0.737. The molecule has 0 aliphatic heterocycles. The Kier molecular flexibility index (Phi) is 5.47. The van der Waals surface area contributed by atoms with Gasteiger partial charge in [0, 0.05) is 35.8 Å². The molecule has 1 saturated carbocycles. The van der Waals surface area contributed by atoms with E-state index in [9.17, 15) is 13.2 Å². The molecule has 0 spiro atoms. The molecule has 0 aromatic heterocycles. The van der Waals surface area contributed by atoms with Gasteiger partial charge in [-0.25, -0.2) is 8.42 Å². The van der Waals surface area contributed by atoms with Crippen molar-refractivity contribution in [1.29, 1.82) is 0 Å². The first-order valence-electron chi connectivity index (χ1n) is 7.88. The number of ether oxygens (including phenoxy) is 1. The zero-order valence-electron chi connectivity index (χ0n) is 14.7. The van der Waals surface area contributed by atoms with Crippen molar-refractivity contribution < 1.29 is 17.9 Å². The van der Waals surface area contributed by atoms with Crippen molar-refractivity contribution in [3.63, 3.8) is 0 Å². The Morgan fingerprint density at radius 2 is 2.04 bits per heavy atom. The molecule has 24 heavy (non-hydrogen) atoms. The SMILES string of the molecule is CCO[C@@H]1C[C@@H](N(C)C(=O)c2cc(S(C)(=O)=O)ccc2Br)C1(C)C. The maximum absolute atomic E-state index is 12.9. The Morgan fingerprint density at radius 1 is 1.42 bits per heavy atom. The van der Waals surface area contributed by atoms with Crippen molar-refractivity contribution in [1.82, 2.24) is 4.90 Å². The zero-order chi connectivity index (χ0) is 18.3. The van der Waals surface area contributed by atoms with Crippen molar-refractivity contribution in [2.75, 3.05) is 19.9 Å². The Hall–Kier alpha value is -0.920. The first-order chi connectivity index (χ1) is 11.0. The molecule has 1 aliphatic carbocycles. The van der Waals surface area contributed by atoms with Gasteiger partial charge in [-0.2, -0.15) is 0 Å². The van der Waals surface area contributed by atoms with Gasteiger partial charge in [0.15, 0.2) is 9.84 Å². The third kappa shape index (κ3) is 3.53. The van der Waals surface area contributed by atoms with E-state index < -0.39 is 9.84 Å². The Balaban J connectivity index is 2.27. The van der Waals surface area contributed by atoms with Crippen LogP contribution >= 0.6 is 15.9 Å². The van der Waals surface area contributed by atoms with Crippen LogP contribution in [0.25, 0.3) is 0 Å². The smallest absolute Gasteiger partial charge is 0.255 e. The maximum atomic E-state index is 12.9. The first-order valence-corrected chi connectivity index (χ1v) is 10.6. The number of rotatable bonds is 5. The average Bonchev–Trinajstić information content (AvgIpc) is 2.49. The van der Waals surface area contributed by atoms with E-state index in [1.54, 1.807) is 18.0 Å². The molecule has 1 aliphatic rings. The van der Waals surface area contributed by atoms with Crippen LogP contribution in [0.1, 0.15) is 37.6 Å². The molecule has 1 fully saturated rings. The van der Waals surface area contributed by atoms with E-state index in [2.05, 4.69) is 29.8 Å². The van der Waals surface area contributed by atoms with Crippen LogP contribution in [0.15, 0.2) is 27.6 Å². The summed E-state index contributed by atoms with van der Waals surface area (Å²) in [5, 5.41) is 0. The second kappa shape index (κ2) is 6.77. The number of halogens is 1. The minimum absolute atomic E-state index is 0.0512. The molecule has 134 valence electrons. The molecular formula is C17H24BrNO4S. The lowest BCUT2D eigenvalue weighted by atomic mass is 9.63. The predicted octanol–water partition coefficient (Wildman–Crippen LogP) is 3.13. The Labute approximate surface area is 152 Å². The van der Waals surface area contributed by atoms with Crippen molar-refractivity contribution >= 4 is 31.7 Å². The number of amides is 1. The van der Waals surface area contributed by atoms with Crippen LogP contribution in [0.4, 0.5) is 0 Å². The lowest BCUT2D eigenvalue weighted by Gasteiger charge is -2.54.